The molecule has 6 nitrogen and oxygen atoms in total. The summed E-state index contributed by atoms with van der Waals surface area (Å²) in [7, 11) is 1.38. The van der Waals surface area contributed by atoms with Crippen molar-refractivity contribution in [1.82, 2.24) is 10.7 Å². The van der Waals surface area contributed by atoms with Crippen LogP contribution in [-0.2, 0) is 9.59 Å². The Balaban J connectivity index is 2.22. The van der Waals surface area contributed by atoms with Gasteiger partial charge in [-0.15, -0.1) is 0 Å². The molecule has 0 bridgehead atoms. The fourth-order valence-corrected chi connectivity index (χ4v) is 2.66. The zero-order valence-electron chi connectivity index (χ0n) is 14.2. The van der Waals surface area contributed by atoms with Crippen LogP contribution in [-0.4, -0.2) is 25.1 Å². The van der Waals surface area contributed by atoms with Crippen molar-refractivity contribution in [2.24, 2.45) is 5.10 Å². The van der Waals surface area contributed by atoms with E-state index in [1.807, 2.05) is 44.2 Å². The second kappa shape index (κ2) is 8.43. The molecule has 130 valence electrons. The van der Waals surface area contributed by atoms with E-state index in [9.17, 15) is 9.59 Å². The van der Waals surface area contributed by atoms with E-state index >= 15 is 0 Å². The molecule has 0 unspecified atom stereocenters. The number of likely N-dealkylation sites (N-methyl/N-ethyl adjacent to an activating group) is 1. The average molecular weight is 403 g/mol. The topological polar surface area (TPSA) is 82.6 Å². The lowest BCUT2D eigenvalue weighted by molar-refractivity contribution is -0.138. The largest absolute Gasteiger partial charge is 0.355 e. The molecule has 0 saturated heterocycles. The Morgan fingerprint density at radius 3 is 2.36 bits per heavy atom. The molecule has 25 heavy (non-hydrogen) atoms. The van der Waals surface area contributed by atoms with Crippen LogP contribution in [0.1, 0.15) is 16.7 Å². The van der Waals surface area contributed by atoms with Gasteiger partial charge in [0.15, 0.2) is 0 Å². The highest BCUT2D eigenvalue weighted by Crippen LogP contribution is 2.24. The van der Waals surface area contributed by atoms with E-state index in [4.69, 9.17) is 0 Å². The van der Waals surface area contributed by atoms with Crippen molar-refractivity contribution < 1.29 is 9.59 Å². The predicted molar refractivity (Wildman–Crippen MR) is 103 cm³/mol. The Morgan fingerprint density at radius 2 is 1.72 bits per heavy atom. The quantitative estimate of drug-likeness (QED) is 0.417. The van der Waals surface area contributed by atoms with Gasteiger partial charge in [0.2, 0.25) is 0 Å². The maximum absolute atomic E-state index is 11.4. The third-order valence-electron chi connectivity index (χ3n) is 3.32. The number of amides is 2. The molecule has 2 amide bonds. The third kappa shape index (κ3) is 5.42. The second-order valence-corrected chi connectivity index (χ2v) is 6.43. The van der Waals surface area contributed by atoms with E-state index in [1.54, 1.807) is 0 Å². The van der Waals surface area contributed by atoms with Gasteiger partial charge in [0, 0.05) is 28.5 Å². The summed E-state index contributed by atoms with van der Waals surface area (Å²) in [6.45, 7) is 4.08. The van der Waals surface area contributed by atoms with E-state index in [0.29, 0.717) is 0 Å². The van der Waals surface area contributed by atoms with Crippen LogP contribution in [0, 0.1) is 13.8 Å². The number of nitrogens with zero attached hydrogens (tertiary/aromatic N) is 1. The minimum Gasteiger partial charge on any atom is -0.355 e. The molecule has 0 atom stereocenters. The molecule has 0 aliphatic heterocycles. The van der Waals surface area contributed by atoms with E-state index < -0.39 is 11.8 Å². The minimum absolute atomic E-state index is 0.750. The van der Waals surface area contributed by atoms with Crippen LogP contribution in [0.25, 0.3) is 0 Å². The average Bonchev–Trinajstić information content (AvgIpc) is 2.55. The summed E-state index contributed by atoms with van der Waals surface area (Å²) in [5.41, 5.74) is 7.05. The van der Waals surface area contributed by atoms with E-state index in [2.05, 4.69) is 43.2 Å². The van der Waals surface area contributed by atoms with E-state index in [1.165, 1.54) is 13.3 Å². The smallest absolute Gasteiger partial charge is 0.329 e. The van der Waals surface area contributed by atoms with Gasteiger partial charge in [-0.2, -0.15) is 5.10 Å². The fourth-order valence-electron chi connectivity index (χ4n) is 2.28. The van der Waals surface area contributed by atoms with Crippen molar-refractivity contribution in [3.8, 4) is 0 Å². The summed E-state index contributed by atoms with van der Waals surface area (Å²) in [5, 5.41) is 9.42. The monoisotopic (exact) mass is 402 g/mol. The van der Waals surface area contributed by atoms with Crippen LogP contribution in [0.5, 0.6) is 0 Å². The highest BCUT2D eigenvalue weighted by atomic mass is 79.9. The molecule has 0 aromatic heterocycles. The highest BCUT2D eigenvalue weighted by molar-refractivity contribution is 9.10. The van der Waals surface area contributed by atoms with Gasteiger partial charge in [-0.1, -0.05) is 22.0 Å². The van der Waals surface area contributed by atoms with Crippen LogP contribution in [0.4, 0.5) is 11.4 Å². The summed E-state index contributed by atoms with van der Waals surface area (Å²) in [4.78, 5) is 22.6. The summed E-state index contributed by atoms with van der Waals surface area (Å²) < 4.78 is 0.873. The maximum atomic E-state index is 11.4. The van der Waals surface area contributed by atoms with Gasteiger partial charge in [0.1, 0.15) is 0 Å². The van der Waals surface area contributed by atoms with Gasteiger partial charge in [0.05, 0.1) is 6.21 Å². The lowest BCUT2D eigenvalue weighted by Gasteiger charge is -2.12. The molecule has 7 heteroatoms. The molecule has 2 aromatic rings. The van der Waals surface area contributed by atoms with Crippen molar-refractivity contribution in [3.05, 3.63) is 57.6 Å². The molecule has 2 rings (SSSR count). The number of hydrogen-bond acceptors (Lipinski definition) is 4. The van der Waals surface area contributed by atoms with Crippen LogP contribution in [0.3, 0.4) is 0 Å². The SMILES string of the molecule is CNC(=O)C(=O)N/N=C\c1cc(Br)ccc1Nc1cc(C)cc(C)c1. The number of halogens is 1. The number of carbonyl (C=O) groups is 2. The first-order valence-electron chi connectivity index (χ1n) is 7.59. The van der Waals surface area contributed by atoms with Gasteiger partial charge in [-0.05, 0) is 55.3 Å². The Kier molecular flexibility index (Phi) is 6.30. The number of nitrogens with one attached hydrogen (secondary N) is 3. The normalized spacial score (nSPS) is 10.6. The number of carbonyl (C=O) groups excluding carboxylic acids is 2. The van der Waals surface area contributed by atoms with Crippen LogP contribution in [0.2, 0.25) is 0 Å². The lowest BCUT2D eigenvalue weighted by atomic mass is 10.1. The Hall–Kier alpha value is -2.67. The van der Waals surface area contributed by atoms with Crippen molar-refractivity contribution in [2.45, 2.75) is 13.8 Å². The molecular formula is C18H19BrN4O2. The van der Waals surface area contributed by atoms with Gasteiger partial charge in [-0.25, -0.2) is 5.43 Å². The fraction of sp³-hybridized carbons (Fsp3) is 0.167. The van der Waals surface area contributed by atoms with Crippen molar-refractivity contribution in [2.75, 3.05) is 12.4 Å². The zero-order chi connectivity index (χ0) is 18.4. The lowest BCUT2D eigenvalue weighted by Crippen LogP contribution is -2.35. The second-order valence-electron chi connectivity index (χ2n) is 5.51. The molecular weight excluding hydrogens is 384 g/mol. The number of aryl methyl sites for hydroxylation is 2. The summed E-state index contributed by atoms with van der Waals surface area (Å²) in [6, 6.07) is 11.9. The number of benzene rings is 2. The molecule has 0 aliphatic rings. The van der Waals surface area contributed by atoms with Gasteiger partial charge >= 0.3 is 11.8 Å². The minimum atomic E-state index is -0.822. The molecule has 0 saturated carbocycles. The van der Waals surface area contributed by atoms with Crippen molar-refractivity contribution in [1.29, 1.82) is 0 Å². The van der Waals surface area contributed by atoms with Crippen LogP contribution in [0.15, 0.2) is 46.0 Å². The Morgan fingerprint density at radius 1 is 1.04 bits per heavy atom. The first kappa shape index (κ1) is 18.7. The van der Waals surface area contributed by atoms with Crippen molar-refractivity contribution in [3.63, 3.8) is 0 Å². The molecule has 0 aliphatic carbocycles. The standard InChI is InChI=1S/C18H19BrN4O2/c1-11-6-12(2)8-15(7-11)22-16-5-4-14(19)9-13(16)10-21-23-18(25)17(24)20-3/h4-10,22H,1-3H3,(H,20,24)(H,23,25)/b21-10-. The first-order chi connectivity index (χ1) is 11.9. The number of anilines is 2. The maximum Gasteiger partial charge on any atom is 0.329 e. The Labute approximate surface area is 154 Å². The Bertz CT molecular complexity index is 814. The zero-order valence-corrected chi connectivity index (χ0v) is 15.8. The van der Waals surface area contributed by atoms with Gasteiger partial charge < -0.3 is 10.6 Å². The number of hydrazone groups is 1. The van der Waals surface area contributed by atoms with Crippen LogP contribution < -0.4 is 16.1 Å². The molecule has 0 fully saturated rings. The van der Waals surface area contributed by atoms with E-state index in [0.717, 1.165) is 32.5 Å². The molecule has 0 radical (unpaired) electrons. The summed E-state index contributed by atoms with van der Waals surface area (Å²) in [5.74, 6) is -1.57. The molecule has 3 N–H and O–H groups in total. The van der Waals surface area contributed by atoms with Gasteiger partial charge in [0.25, 0.3) is 0 Å². The van der Waals surface area contributed by atoms with Crippen molar-refractivity contribution >= 4 is 45.3 Å². The van der Waals surface area contributed by atoms with Crippen LogP contribution >= 0.6 is 15.9 Å². The highest BCUT2D eigenvalue weighted by Gasteiger charge is 2.09. The molecule has 0 spiro atoms. The number of hydrogen-bond donors (Lipinski definition) is 3. The third-order valence-corrected chi connectivity index (χ3v) is 3.81. The number of rotatable bonds is 4. The molecule has 0 heterocycles. The van der Waals surface area contributed by atoms with Gasteiger partial charge in [-0.3, -0.25) is 9.59 Å². The summed E-state index contributed by atoms with van der Waals surface area (Å²) >= 11 is 3.42. The van der Waals surface area contributed by atoms with E-state index in [-0.39, 0.29) is 0 Å². The first-order valence-corrected chi connectivity index (χ1v) is 8.38. The summed E-state index contributed by atoms with van der Waals surface area (Å²) in [6.07, 6.45) is 1.48. The molecule has 2 aromatic carbocycles. The predicted octanol–water partition coefficient (Wildman–Crippen LogP) is 3.01.